The largest absolute Gasteiger partial charge is 0.391 e. The number of thiophene rings is 1. The van der Waals surface area contributed by atoms with Gasteiger partial charge in [-0.25, -0.2) is 13.1 Å². The minimum Gasteiger partial charge on any atom is -0.391 e. The lowest BCUT2D eigenvalue weighted by Crippen LogP contribution is -2.27. The van der Waals surface area contributed by atoms with Gasteiger partial charge in [0.05, 0.1) is 11.5 Å². The third kappa shape index (κ3) is 3.81. The molecule has 2 rings (SSSR count). The number of nitrogens with zero attached hydrogens (tertiary/aromatic N) is 1. The number of aliphatic hydroxyl groups excluding tert-OH is 1. The molecule has 0 aliphatic rings. The van der Waals surface area contributed by atoms with Gasteiger partial charge in [0.2, 0.25) is 10.0 Å². The molecule has 0 saturated carbocycles. The fourth-order valence-corrected chi connectivity index (χ4v) is 5.01. The van der Waals surface area contributed by atoms with Crippen molar-refractivity contribution in [3.63, 3.8) is 0 Å². The molecule has 0 aliphatic heterocycles. The average molecular weight is 328 g/mol. The van der Waals surface area contributed by atoms with Crippen LogP contribution < -0.4 is 4.72 Å². The highest BCUT2D eigenvalue weighted by atomic mass is 32.2. The Hall–Kier alpha value is -0.990. The van der Waals surface area contributed by atoms with Crippen LogP contribution in [0.1, 0.15) is 11.3 Å². The van der Waals surface area contributed by atoms with Crippen LogP contribution in [0.25, 0.3) is 10.1 Å². The van der Waals surface area contributed by atoms with Gasteiger partial charge in [0.25, 0.3) is 0 Å². The molecular formula is C14H20N2O3S2. The highest BCUT2D eigenvalue weighted by Gasteiger charge is 2.23. The molecule has 5 nitrogen and oxygen atoms in total. The molecule has 0 spiro atoms. The first kappa shape index (κ1) is 16.4. The summed E-state index contributed by atoms with van der Waals surface area (Å²) in [6, 6.07) is 7.31. The van der Waals surface area contributed by atoms with E-state index in [9.17, 15) is 13.5 Å². The lowest BCUT2D eigenvalue weighted by molar-refractivity contribution is 0.283. The van der Waals surface area contributed by atoms with E-state index in [1.54, 1.807) is 12.1 Å². The summed E-state index contributed by atoms with van der Waals surface area (Å²) in [4.78, 5) is 2.71. The molecular weight excluding hydrogens is 308 g/mol. The Morgan fingerprint density at radius 2 is 2.00 bits per heavy atom. The topological polar surface area (TPSA) is 69.6 Å². The van der Waals surface area contributed by atoms with Crippen LogP contribution >= 0.6 is 11.3 Å². The lowest BCUT2D eigenvalue weighted by atomic mass is 10.2. The Kier molecular flexibility index (Phi) is 5.34. The van der Waals surface area contributed by atoms with E-state index in [0.717, 1.165) is 17.7 Å². The van der Waals surface area contributed by atoms with Crippen LogP contribution in [-0.2, 0) is 16.6 Å². The number of benzene rings is 1. The molecule has 0 unspecified atom stereocenters. The molecule has 7 heteroatoms. The van der Waals surface area contributed by atoms with Crippen molar-refractivity contribution < 1.29 is 13.5 Å². The molecule has 0 radical (unpaired) electrons. The first-order valence-electron chi connectivity index (χ1n) is 6.71. The maximum atomic E-state index is 12.5. The zero-order valence-corrected chi connectivity index (χ0v) is 13.8. The van der Waals surface area contributed by atoms with E-state index >= 15 is 0 Å². The molecule has 1 aromatic carbocycles. The van der Waals surface area contributed by atoms with E-state index in [-0.39, 0.29) is 11.5 Å². The van der Waals surface area contributed by atoms with Crippen molar-refractivity contribution in [1.82, 2.24) is 9.62 Å². The third-order valence-electron chi connectivity index (χ3n) is 3.10. The number of nitrogens with one attached hydrogen (secondary N) is 1. The molecule has 0 bridgehead atoms. The van der Waals surface area contributed by atoms with Crippen LogP contribution in [0, 0.1) is 0 Å². The van der Waals surface area contributed by atoms with Gasteiger partial charge in [0.15, 0.2) is 0 Å². The van der Waals surface area contributed by atoms with Gasteiger partial charge in [0, 0.05) is 16.6 Å². The zero-order valence-electron chi connectivity index (χ0n) is 12.2. The fraction of sp³-hybridized carbons (Fsp3) is 0.429. The summed E-state index contributed by atoms with van der Waals surface area (Å²) in [6.07, 6.45) is 0.739. The number of hydrogen-bond acceptors (Lipinski definition) is 5. The van der Waals surface area contributed by atoms with Gasteiger partial charge in [-0.1, -0.05) is 18.2 Å². The highest BCUT2D eigenvalue weighted by Crippen LogP contribution is 2.34. The zero-order chi connectivity index (χ0) is 15.5. The monoisotopic (exact) mass is 328 g/mol. The molecule has 2 aromatic rings. The summed E-state index contributed by atoms with van der Waals surface area (Å²) in [6.45, 7) is 0.933. The van der Waals surface area contributed by atoms with Gasteiger partial charge in [0.1, 0.15) is 4.90 Å². The summed E-state index contributed by atoms with van der Waals surface area (Å²) in [5.74, 6) is 0. The molecule has 0 aliphatic carbocycles. The quantitative estimate of drug-likeness (QED) is 0.758. The number of rotatable bonds is 7. The second kappa shape index (κ2) is 6.85. The minimum absolute atomic E-state index is 0.218. The van der Waals surface area contributed by atoms with Crippen molar-refractivity contribution in [2.75, 3.05) is 27.2 Å². The summed E-state index contributed by atoms with van der Waals surface area (Å²) >= 11 is 1.32. The average Bonchev–Trinajstić information content (AvgIpc) is 2.82. The van der Waals surface area contributed by atoms with Crippen molar-refractivity contribution in [3.8, 4) is 0 Å². The van der Waals surface area contributed by atoms with Crippen molar-refractivity contribution in [2.24, 2.45) is 0 Å². The van der Waals surface area contributed by atoms with Gasteiger partial charge >= 0.3 is 0 Å². The predicted octanol–water partition coefficient (Wildman–Crippen LogP) is 1.62. The molecule has 0 atom stereocenters. The van der Waals surface area contributed by atoms with Crippen molar-refractivity contribution in [3.05, 3.63) is 29.1 Å². The summed E-state index contributed by atoms with van der Waals surface area (Å²) < 4.78 is 28.5. The van der Waals surface area contributed by atoms with Crippen LogP contribution in [-0.4, -0.2) is 45.6 Å². The molecule has 21 heavy (non-hydrogen) atoms. The molecule has 116 valence electrons. The standard InChI is InChI=1S/C14H20N2O3S2/c1-16(2)9-5-8-15-21(18,19)14-11-6-3-4-7-12(11)20-13(14)10-17/h3-4,6-7,15,17H,5,8-10H2,1-2H3. The first-order valence-corrected chi connectivity index (χ1v) is 9.01. The summed E-state index contributed by atoms with van der Waals surface area (Å²) in [7, 11) is 0.296. The predicted molar refractivity (Wildman–Crippen MR) is 86.1 cm³/mol. The van der Waals surface area contributed by atoms with Crippen LogP contribution in [0.3, 0.4) is 0 Å². The Balaban J connectivity index is 2.27. The number of hydrogen-bond donors (Lipinski definition) is 2. The normalized spacial score (nSPS) is 12.4. The highest BCUT2D eigenvalue weighted by molar-refractivity contribution is 7.90. The van der Waals surface area contributed by atoms with Crippen molar-refractivity contribution in [1.29, 1.82) is 0 Å². The summed E-state index contributed by atoms with van der Waals surface area (Å²) in [5.41, 5.74) is 0. The fourth-order valence-electron chi connectivity index (χ4n) is 2.15. The van der Waals surface area contributed by atoms with Crippen LogP contribution in [0.2, 0.25) is 0 Å². The SMILES string of the molecule is CN(C)CCCNS(=O)(=O)c1c(CO)sc2ccccc12. The Morgan fingerprint density at radius 1 is 1.29 bits per heavy atom. The molecule has 0 amide bonds. The lowest BCUT2D eigenvalue weighted by Gasteiger charge is -2.11. The maximum Gasteiger partial charge on any atom is 0.242 e. The van der Waals surface area contributed by atoms with Gasteiger partial charge in [-0.3, -0.25) is 0 Å². The molecule has 1 aromatic heterocycles. The van der Waals surface area contributed by atoms with Crippen LogP contribution in [0.5, 0.6) is 0 Å². The third-order valence-corrected chi connectivity index (χ3v) is 5.98. The summed E-state index contributed by atoms with van der Waals surface area (Å²) in [5, 5.41) is 10.1. The van der Waals surface area contributed by atoms with Gasteiger partial charge in [-0.05, 0) is 33.1 Å². The molecule has 2 N–H and O–H groups in total. The Bertz CT molecular complexity index is 708. The Labute approximate surface area is 129 Å². The maximum absolute atomic E-state index is 12.5. The van der Waals surface area contributed by atoms with E-state index in [2.05, 4.69) is 4.72 Å². The molecule has 1 heterocycles. The number of sulfonamides is 1. The second-order valence-corrected chi connectivity index (χ2v) is 7.90. The van der Waals surface area contributed by atoms with E-state index < -0.39 is 10.0 Å². The minimum atomic E-state index is -3.60. The number of aliphatic hydroxyl groups is 1. The van der Waals surface area contributed by atoms with E-state index in [0.29, 0.717) is 16.8 Å². The van der Waals surface area contributed by atoms with Gasteiger partial charge < -0.3 is 10.0 Å². The van der Waals surface area contributed by atoms with Crippen molar-refractivity contribution in [2.45, 2.75) is 17.9 Å². The van der Waals surface area contributed by atoms with Crippen molar-refractivity contribution >= 4 is 31.4 Å². The van der Waals surface area contributed by atoms with E-state index in [1.807, 2.05) is 31.1 Å². The molecule has 0 fully saturated rings. The van der Waals surface area contributed by atoms with Gasteiger partial charge in [-0.15, -0.1) is 11.3 Å². The van der Waals surface area contributed by atoms with Gasteiger partial charge in [-0.2, -0.15) is 0 Å². The first-order chi connectivity index (χ1) is 9.95. The second-order valence-electron chi connectivity index (χ2n) is 5.06. The number of fused-ring (bicyclic) bond motifs is 1. The van der Waals surface area contributed by atoms with E-state index in [4.69, 9.17) is 0 Å². The van der Waals surface area contributed by atoms with Crippen LogP contribution in [0.15, 0.2) is 29.2 Å². The van der Waals surface area contributed by atoms with Crippen LogP contribution in [0.4, 0.5) is 0 Å². The Morgan fingerprint density at radius 3 is 2.67 bits per heavy atom. The smallest absolute Gasteiger partial charge is 0.242 e. The molecule has 0 saturated heterocycles. The van der Waals surface area contributed by atoms with E-state index in [1.165, 1.54) is 11.3 Å².